The Morgan fingerprint density at radius 2 is 1.80 bits per heavy atom. The van der Waals surface area contributed by atoms with Gasteiger partial charge in [0.15, 0.2) is 10.9 Å². The second-order valence-corrected chi connectivity index (χ2v) is 7.46. The molecule has 30 heavy (non-hydrogen) atoms. The van der Waals surface area contributed by atoms with E-state index in [1.54, 1.807) is 36.4 Å². The van der Waals surface area contributed by atoms with Gasteiger partial charge in [0.25, 0.3) is 11.6 Å². The topological polar surface area (TPSA) is 105 Å². The molecule has 1 aliphatic rings. The number of nitrogens with one attached hydrogen (secondary N) is 2. The predicted octanol–water partition coefficient (Wildman–Crippen LogP) is 3.91. The number of ketones is 1. The van der Waals surface area contributed by atoms with Gasteiger partial charge in [-0.1, -0.05) is 12.1 Å². The average Bonchev–Trinajstić information content (AvgIpc) is 2.74. The molecule has 9 heteroatoms. The van der Waals surface area contributed by atoms with E-state index < -0.39 is 10.8 Å². The van der Waals surface area contributed by atoms with Gasteiger partial charge in [0.2, 0.25) is 0 Å². The Morgan fingerprint density at radius 3 is 2.47 bits per heavy atom. The SMILES string of the molecule is CC(=O)c1cccc(NC(=S)NC(=O)c2ccc(N3CCCCC3)c([N+](=O)[O-])c2)c1. The lowest BCUT2D eigenvalue weighted by molar-refractivity contribution is -0.384. The summed E-state index contributed by atoms with van der Waals surface area (Å²) < 4.78 is 0. The first-order valence-corrected chi connectivity index (χ1v) is 10.0. The molecule has 0 unspecified atom stereocenters. The Bertz CT molecular complexity index is 1000. The molecular weight excluding hydrogens is 404 g/mol. The van der Waals surface area contributed by atoms with Crippen molar-refractivity contribution < 1.29 is 14.5 Å². The summed E-state index contributed by atoms with van der Waals surface area (Å²) in [6.45, 7) is 2.99. The number of thiocarbonyl (C=S) groups is 1. The quantitative estimate of drug-likeness (QED) is 0.323. The van der Waals surface area contributed by atoms with Crippen molar-refractivity contribution in [1.82, 2.24) is 5.32 Å². The number of anilines is 2. The summed E-state index contributed by atoms with van der Waals surface area (Å²) in [5.74, 6) is -0.641. The Kier molecular flexibility index (Phi) is 6.73. The number of hydrogen-bond donors (Lipinski definition) is 2. The van der Waals surface area contributed by atoms with Crippen LogP contribution >= 0.6 is 12.2 Å². The van der Waals surface area contributed by atoms with Crippen LogP contribution in [0.2, 0.25) is 0 Å². The van der Waals surface area contributed by atoms with Gasteiger partial charge in [-0.3, -0.25) is 25.0 Å². The average molecular weight is 426 g/mol. The van der Waals surface area contributed by atoms with Crippen LogP contribution in [0.1, 0.15) is 46.9 Å². The summed E-state index contributed by atoms with van der Waals surface area (Å²) in [5, 5.41) is 17.0. The van der Waals surface area contributed by atoms with Gasteiger partial charge in [-0.05, 0) is 62.7 Å². The van der Waals surface area contributed by atoms with Gasteiger partial charge in [-0.15, -0.1) is 0 Å². The zero-order chi connectivity index (χ0) is 21.7. The maximum atomic E-state index is 12.6. The molecule has 1 heterocycles. The molecule has 1 saturated heterocycles. The molecular formula is C21H22N4O4S. The molecule has 8 nitrogen and oxygen atoms in total. The van der Waals surface area contributed by atoms with Gasteiger partial charge in [-0.25, -0.2) is 0 Å². The molecule has 0 spiro atoms. The van der Waals surface area contributed by atoms with Gasteiger partial charge < -0.3 is 10.2 Å². The smallest absolute Gasteiger partial charge is 0.293 e. The van der Waals surface area contributed by atoms with E-state index in [1.807, 2.05) is 4.90 Å². The van der Waals surface area contributed by atoms with Gasteiger partial charge in [0, 0.05) is 36.0 Å². The van der Waals surface area contributed by atoms with Crippen molar-refractivity contribution in [2.24, 2.45) is 0 Å². The van der Waals surface area contributed by atoms with Crippen molar-refractivity contribution in [3.63, 3.8) is 0 Å². The second kappa shape index (κ2) is 9.45. The number of hydrogen-bond acceptors (Lipinski definition) is 6. The van der Waals surface area contributed by atoms with Crippen LogP contribution in [0.25, 0.3) is 0 Å². The monoisotopic (exact) mass is 426 g/mol. The van der Waals surface area contributed by atoms with Crippen molar-refractivity contribution in [2.45, 2.75) is 26.2 Å². The molecule has 0 saturated carbocycles. The number of carbonyl (C=O) groups is 2. The van der Waals surface area contributed by atoms with Crippen molar-refractivity contribution in [3.8, 4) is 0 Å². The third kappa shape index (κ3) is 5.18. The summed E-state index contributed by atoms with van der Waals surface area (Å²) in [4.78, 5) is 37.1. The van der Waals surface area contributed by atoms with Crippen molar-refractivity contribution >= 4 is 46.1 Å². The normalized spacial score (nSPS) is 13.4. The van der Waals surface area contributed by atoms with E-state index in [4.69, 9.17) is 12.2 Å². The molecule has 0 atom stereocenters. The maximum Gasteiger partial charge on any atom is 0.293 e. The van der Waals surface area contributed by atoms with Crippen LogP contribution in [0.3, 0.4) is 0 Å². The summed E-state index contributed by atoms with van der Waals surface area (Å²) in [6.07, 6.45) is 3.10. The number of nitrogens with zero attached hydrogens (tertiary/aromatic N) is 2. The van der Waals surface area contributed by atoms with Gasteiger partial charge in [0.1, 0.15) is 5.69 Å². The molecule has 2 N–H and O–H groups in total. The summed E-state index contributed by atoms with van der Waals surface area (Å²) in [7, 11) is 0. The molecule has 0 bridgehead atoms. The number of nitro groups is 1. The van der Waals surface area contributed by atoms with E-state index in [2.05, 4.69) is 10.6 Å². The summed E-state index contributed by atoms with van der Waals surface area (Å²) in [6, 6.07) is 11.2. The van der Waals surface area contributed by atoms with Crippen molar-refractivity contribution in [2.75, 3.05) is 23.3 Å². The van der Waals surface area contributed by atoms with Gasteiger partial charge in [-0.2, -0.15) is 0 Å². The van der Waals surface area contributed by atoms with Crippen LogP contribution in [0.15, 0.2) is 42.5 Å². The number of carbonyl (C=O) groups excluding carboxylic acids is 2. The molecule has 0 aromatic heterocycles. The van der Waals surface area contributed by atoms with Gasteiger partial charge >= 0.3 is 0 Å². The third-order valence-electron chi connectivity index (χ3n) is 4.89. The lowest BCUT2D eigenvalue weighted by Crippen LogP contribution is -2.34. The number of rotatable bonds is 5. The van der Waals surface area contributed by atoms with Crippen LogP contribution in [0, 0.1) is 10.1 Å². The number of Topliss-reactive ketones (excluding diaryl/α,β-unsaturated/α-hetero) is 1. The molecule has 1 amide bonds. The number of amides is 1. The molecule has 0 radical (unpaired) electrons. The molecule has 1 aliphatic heterocycles. The zero-order valence-corrected chi connectivity index (χ0v) is 17.3. The number of piperidine rings is 1. The fourth-order valence-electron chi connectivity index (χ4n) is 3.37. The summed E-state index contributed by atoms with van der Waals surface area (Å²) >= 11 is 5.16. The lowest BCUT2D eigenvalue weighted by atomic mass is 10.1. The number of nitro benzene ring substituents is 1. The fraction of sp³-hybridized carbons (Fsp3) is 0.286. The van der Waals surface area contributed by atoms with E-state index in [9.17, 15) is 19.7 Å². The van der Waals surface area contributed by atoms with E-state index in [0.717, 1.165) is 32.4 Å². The van der Waals surface area contributed by atoms with E-state index in [0.29, 0.717) is 16.9 Å². The van der Waals surface area contributed by atoms with Crippen molar-refractivity contribution in [3.05, 3.63) is 63.7 Å². The highest BCUT2D eigenvalue weighted by Crippen LogP contribution is 2.31. The minimum Gasteiger partial charge on any atom is -0.366 e. The van der Waals surface area contributed by atoms with Crippen LogP contribution < -0.4 is 15.5 Å². The highest BCUT2D eigenvalue weighted by Gasteiger charge is 2.23. The molecule has 3 rings (SSSR count). The largest absolute Gasteiger partial charge is 0.366 e. The molecule has 0 aliphatic carbocycles. The van der Waals surface area contributed by atoms with E-state index >= 15 is 0 Å². The first-order chi connectivity index (χ1) is 14.3. The maximum absolute atomic E-state index is 12.6. The van der Waals surface area contributed by atoms with E-state index in [1.165, 1.54) is 13.0 Å². The Morgan fingerprint density at radius 1 is 1.07 bits per heavy atom. The third-order valence-corrected chi connectivity index (χ3v) is 5.09. The second-order valence-electron chi connectivity index (χ2n) is 7.05. The lowest BCUT2D eigenvalue weighted by Gasteiger charge is -2.28. The minimum atomic E-state index is -0.552. The minimum absolute atomic E-state index is 0.0310. The first-order valence-electron chi connectivity index (χ1n) is 9.62. The van der Waals surface area contributed by atoms with Crippen LogP contribution in [0.4, 0.5) is 17.1 Å². The van der Waals surface area contributed by atoms with E-state index in [-0.39, 0.29) is 22.1 Å². The number of benzene rings is 2. The molecule has 2 aromatic carbocycles. The van der Waals surface area contributed by atoms with Crippen LogP contribution in [-0.2, 0) is 0 Å². The molecule has 1 fully saturated rings. The first kappa shape index (κ1) is 21.4. The Balaban J connectivity index is 1.72. The van der Waals surface area contributed by atoms with Crippen LogP contribution in [-0.4, -0.2) is 34.8 Å². The molecule has 2 aromatic rings. The fourth-order valence-corrected chi connectivity index (χ4v) is 3.58. The highest BCUT2D eigenvalue weighted by molar-refractivity contribution is 7.80. The molecule has 156 valence electrons. The van der Waals surface area contributed by atoms with Crippen molar-refractivity contribution in [1.29, 1.82) is 0 Å². The Labute approximate surface area is 179 Å². The standard InChI is InChI=1S/C21H22N4O4S/c1-14(26)15-6-5-7-17(12-15)22-21(30)23-20(27)16-8-9-18(19(13-16)25(28)29)24-10-3-2-4-11-24/h5-9,12-13H,2-4,10-11H2,1H3,(H2,22,23,27,30). The zero-order valence-electron chi connectivity index (χ0n) is 16.5. The predicted molar refractivity (Wildman–Crippen MR) is 119 cm³/mol. The van der Waals surface area contributed by atoms with Crippen LogP contribution in [0.5, 0.6) is 0 Å². The Hall–Kier alpha value is -3.33. The van der Waals surface area contributed by atoms with Gasteiger partial charge in [0.05, 0.1) is 4.92 Å². The highest BCUT2D eigenvalue weighted by atomic mass is 32.1. The summed E-state index contributed by atoms with van der Waals surface area (Å²) in [5.41, 5.74) is 1.64.